The Morgan fingerprint density at radius 2 is 1.79 bits per heavy atom. The number of carbonyl (C=O) groups is 1. The summed E-state index contributed by atoms with van der Waals surface area (Å²) < 4.78 is 0. The summed E-state index contributed by atoms with van der Waals surface area (Å²) in [5.41, 5.74) is 2.68. The van der Waals surface area contributed by atoms with Crippen molar-refractivity contribution in [3.63, 3.8) is 0 Å². The Morgan fingerprint density at radius 3 is 2.64 bits per heavy atom. The molecule has 2 aromatic carbocycles. The Hall–Kier alpha value is -3.51. The zero-order valence-corrected chi connectivity index (χ0v) is 15.5. The number of benzene rings is 2. The van der Waals surface area contributed by atoms with Crippen LogP contribution in [0.3, 0.4) is 0 Å². The van der Waals surface area contributed by atoms with Gasteiger partial charge in [-0.2, -0.15) is 0 Å². The summed E-state index contributed by atoms with van der Waals surface area (Å²) in [4.78, 5) is 25.2. The van der Waals surface area contributed by atoms with Crippen LogP contribution in [0.25, 0.3) is 10.9 Å². The fraction of sp³-hybridized carbons (Fsp3) is 0.0476. The van der Waals surface area contributed by atoms with Gasteiger partial charge in [-0.3, -0.25) is 9.78 Å². The third-order valence-corrected chi connectivity index (χ3v) is 4.42. The molecule has 4 rings (SSSR count). The van der Waals surface area contributed by atoms with E-state index in [1.807, 2.05) is 54.6 Å². The third kappa shape index (κ3) is 4.07. The van der Waals surface area contributed by atoms with Gasteiger partial charge in [0, 0.05) is 29.2 Å². The molecule has 0 atom stereocenters. The first-order valence-corrected chi connectivity index (χ1v) is 9.02. The topological polar surface area (TPSA) is 79.8 Å². The smallest absolute Gasteiger partial charge is 0.274 e. The Bertz CT molecular complexity index is 1130. The monoisotopic (exact) mass is 389 g/mol. The summed E-state index contributed by atoms with van der Waals surface area (Å²) in [5.74, 6) is 0.237. The second-order valence-corrected chi connectivity index (χ2v) is 6.54. The molecule has 0 aliphatic heterocycles. The van der Waals surface area contributed by atoms with Gasteiger partial charge in [0.2, 0.25) is 0 Å². The van der Waals surface area contributed by atoms with Gasteiger partial charge in [0.25, 0.3) is 5.91 Å². The third-order valence-electron chi connectivity index (χ3n) is 4.17. The number of fused-ring (bicyclic) bond motifs is 1. The molecule has 1 amide bonds. The van der Waals surface area contributed by atoms with E-state index in [4.69, 9.17) is 11.6 Å². The van der Waals surface area contributed by atoms with Crippen molar-refractivity contribution in [2.75, 3.05) is 10.6 Å². The fourth-order valence-electron chi connectivity index (χ4n) is 2.76. The lowest BCUT2D eigenvalue weighted by molar-refractivity contribution is 0.102. The minimum absolute atomic E-state index is 0.265. The molecule has 0 saturated carbocycles. The van der Waals surface area contributed by atoms with E-state index in [0.717, 1.165) is 16.5 Å². The van der Waals surface area contributed by atoms with Crippen molar-refractivity contribution in [3.05, 3.63) is 89.5 Å². The van der Waals surface area contributed by atoms with Crippen LogP contribution in [0, 0.1) is 0 Å². The molecular formula is C21H16ClN5O. The van der Waals surface area contributed by atoms with Gasteiger partial charge in [0.1, 0.15) is 17.8 Å². The number of pyridine rings is 1. The zero-order valence-electron chi connectivity index (χ0n) is 14.8. The van der Waals surface area contributed by atoms with E-state index in [1.54, 1.807) is 12.3 Å². The normalized spacial score (nSPS) is 10.6. The van der Waals surface area contributed by atoms with Gasteiger partial charge < -0.3 is 10.6 Å². The molecule has 0 spiro atoms. The molecular weight excluding hydrogens is 374 g/mol. The van der Waals surface area contributed by atoms with Crippen molar-refractivity contribution < 1.29 is 4.79 Å². The lowest BCUT2D eigenvalue weighted by atomic mass is 10.2. The van der Waals surface area contributed by atoms with E-state index in [-0.39, 0.29) is 11.6 Å². The van der Waals surface area contributed by atoms with E-state index < -0.39 is 0 Å². The zero-order chi connectivity index (χ0) is 19.3. The summed E-state index contributed by atoms with van der Waals surface area (Å²) in [5, 5.41) is 7.70. The summed E-state index contributed by atoms with van der Waals surface area (Å²) in [6.45, 7) is 0.558. The summed E-state index contributed by atoms with van der Waals surface area (Å²) >= 11 is 5.90. The number of anilines is 2. The Labute approximate surface area is 166 Å². The lowest BCUT2D eigenvalue weighted by Gasteiger charge is -2.09. The molecule has 0 aliphatic carbocycles. The molecule has 28 heavy (non-hydrogen) atoms. The van der Waals surface area contributed by atoms with Crippen molar-refractivity contribution in [1.82, 2.24) is 15.0 Å². The SMILES string of the molecule is O=C(Nc1cccc2cccnc12)c1cc(NCc2ccc(Cl)cc2)ncn1. The summed E-state index contributed by atoms with van der Waals surface area (Å²) in [7, 11) is 0. The summed E-state index contributed by atoms with van der Waals surface area (Å²) in [6.07, 6.45) is 3.06. The van der Waals surface area contributed by atoms with Crippen molar-refractivity contribution in [3.8, 4) is 0 Å². The van der Waals surface area contributed by atoms with E-state index in [0.29, 0.717) is 23.1 Å². The predicted octanol–water partition coefficient (Wildman–Crippen LogP) is 4.54. The number of rotatable bonds is 5. The van der Waals surface area contributed by atoms with Crippen LogP contribution in [-0.2, 0) is 6.54 Å². The van der Waals surface area contributed by atoms with Crippen molar-refractivity contribution in [2.24, 2.45) is 0 Å². The highest BCUT2D eigenvalue weighted by molar-refractivity contribution is 6.30. The molecule has 0 radical (unpaired) electrons. The molecule has 7 heteroatoms. The van der Waals surface area contributed by atoms with Crippen LogP contribution in [-0.4, -0.2) is 20.9 Å². The number of hydrogen-bond donors (Lipinski definition) is 2. The standard InChI is InChI=1S/C21H16ClN5O/c22-16-8-6-14(7-9-16)12-24-19-11-18(25-13-26-19)21(28)27-17-5-1-3-15-4-2-10-23-20(15)17/h1-11,13H,12H2,(H,27,28)(H,24,25,26). The van der Waals surface area contributed by atoms with Crippen LogP contribution < -0.4 is 10.6 Å². The number of carbonyl (C=O) groups excluding carboxylic acids is 1. The highest BCUT2D eigenvalue weighted by atomic mass is 35.5. The average Bonchev–Trinajstić information content (AvgIpc) is 2.74. The Balaban J connectivity index is 1.48. The van der Waals surface area contributed by atoms with Gasteiger partial charge in [-0.15, -0.1) is 0 Å². The molecule has 2 aromatic heterocycles. The first-order chi connectivity index (χ1) is 13.7. The maximum absolute atomic E-state index is 12.7. The average molecular weight is 390 g/mol. The summed E-state index contributed by atoms with van der Waals surface area (Å²) in [6, 6.07) is 18.6. The molecule has 2 N–H and O–H groups in total. The van der Waals surface area contributed by atoms with Crippen LogP contribution in [0.5, 0.6) is 0 Å². The minimum Gasteiger partial charge on any atom is -0.366 e. The molecule has 0 fully saturated rings. The van der Waals surface area contributed by atoms with Crippen molar-refractivity contribution in [1.29, 1.82) is 0 Å². The van der Waals surface area contributed by atoms with E-state index in [1.165, 1.54) is 6.33 Å². The van der Waals surface area contributed by atoms with Gasteiger partial charge >= 0.3 is 0 Å². The van der Waals surface area contributed by atoms with Crippen LogP contribution in [0.2, 0.25) is 5.02 Å². The second-order valence-electron chi connectivity index (χ2n) is 6.10. The van der Waals surface area contributed by atoms with Crippen LogP contribution >= 0.6 is 11.6 Å². The molecule has 0 unspecified atom stereocenters. The van der Waals surface area contributed by atoms with Crippen LogP contribution in [0.4, 0.5) is 11.5 Å². The molecule has 2 heterocycles. The highest BCUT2D eigenvalue weighted by Crippen LogP contribution is 2.21. The predicted molar refractivity (Wildman–Crippen MR) is 111 cm³/mol. The fourth-order valence-corrected chi connectivity index (χ4v) is 2.89. The van der Waals surface area contributed by atoms with Crippen molar-refractivity contribution in [2.45, 2.75) is 6.54 Å². The molecule has 0 saturated heterocycles. The van der Waals surface area contributed by atoms with Gasteiger partial charge in [-0.1, -0.05) is 41.9 Å². The maximum Gasteiger partial charge on any atom is 0.274 e. The second kappa shape index (κ2) is 8.02. The van der Waals surface area contributed by atoms with Gasteiger partial charge in [0.15, 0.2) is 0 Å². The van der Waals surface area contributed by atoms with Gasteiger partial charge in [0.05, 0.1) is 11.2 Å². The molecule has 0 bridgehead atoms. The van der Waals surface area contributed by atoms with Crippen LogP contribution in [0.15, 0.2) is 73.2 Å². The minimum atomic E-state index is -0.324. The Morgan fingerprint density at radius 1 is 0.964 bits per heavy atom. The molecule has 138 valence electrons. The maximum atomic E-state index is 12.7. The molecule has 4 aromatic rings. The van der Waals surface area contributed by atoms with Gasteiger partial charge in [-0.25, -0.2) is 9.97 Å². The number of nitrogens with one attached hydrogen (secondary N) is 2. The number of aromatic nitrogens is 3. The van der Waals surface area contributed by atoms with E-state index in [2.05, 4.69) is 25.6 Å². The molecule has 6 nitrogen and oxygen atoms in total. The molecule has 0 aliphatic rings. The Kier molecular flexibility index (Phi) is 5.12. The van der Waals surface area contributed by atoms with E-state index >= 15 is 0 Å². The number of halogens is 1. The lowest BCUT2D eigenvalue weighted by Crippen LogP contribution is -2.15. The number of nitrogens with zero attached hydrogens (tertiary/aromatic N) is 3. The number of amides is 1. The van der Waals surface area contributed by atoms with Crippen LogP contribution in [0.1, 0.15) is 16.1 Å². The first kappa shape index (κ1) is 17.9. The van der Waals surface area contributed by atoms with E-state index in [9.17, 15) is 4.79 Å². The van der Waals surface area contributed by atoms with Gasteiger partial charge in [-0.05, 0) is 29.8 Å². The first-order valence-electron chi connectivity index (χ1n) is 8.64. The van der Waals surface area contributed by atoms with Crippen molar-refractivity contribution >= 4 is 39.9 Å². The quantitative estimate of drug-likeness (QED) is 0.523. The number of hydrogen-bond acceptors (Lipinski definition) is 5. The number of para-hydroxylation sites is 1. The largest absolute Gasteiger partial charge is 0.366 e. The highest BCUT2D eigenvalue weighted by Gasteiger charge is 2.11.